The van der Waals surface area contributed by atoms with E-state index < -0.39 is 0 Å². The van der Waals surface area contributed by atoms with Gasteiger partial charge in [-0.05, 0) is 43.5 Å². The molecule has 6 nitrogen and oxygen atoms in total. The molecule has 31 heavy (non-hydrogen) atoms. The van der Waals surface area contributed by atoms with Crippen molar-refractivity contribution < 1.29 is 14.3 Å². The third kappa shape index (κ3) is 6.81. The second-order valence-corrected chi connectivity index (χ2v) is 7.25. The van der Waals surface area contributed by atoms with Gasteiger partial charge in [-0.25, -0.2) is 4.98 Å². The van der Waals surface area contributed by atoms with Gasteiger partial charge >= 0.3 is 5.97 Å². The van der Waals surface area contributed by atoms with Crippen LogP contribution in [0.15, 0.2) is 60.7 Å². The van der Waals surface area contributed by atoms with Crippen molar-refractivity contribution in [1.29, 1.82) is 0 Å². The molecule has 0 unspecified atom stereocenters. The van der Waals surface area contributed by atoms with Gasteiger partial charge in [0, 0.05) is 19.0 Å². The van der Waals surface area contributed by atoms with Gasteiger partial charge in [0.2, 0.25) is 5.91 Å². The fourth-order valence-corrected chi connectivity index (χ4v) is 3.42. The number of nitrogens with zero attached hydrogens (tertiary/aromatic N) is 2. The van der Waals surface area contributed by atoms with Crippen LogP contribution in [0.2, 0.25) is 0 Å². The standard InChI is InChI=1S/C25H29N3O3/c1-2-31-25(30)19-28-22-14-9-8-13-21(22)27-23(28)15-7-4-10-18-26-24(29)17-16-20-11-5-3-6-12-20/h3,5-6,8-9,11-14,16-17H,2,4,7,10,15,18-19H2,1H3,(H,26,29)/b17-16+. The summed E-state index contributed by atoms with van der Waals surface area (Å²) in [4.78, 5) is 28.6. The summed E-state index contributed by atoms with van der Waals surface area (Å²) >= 11 is 0. The molecule has 0 saturated carbocycles. The van der Waals surface area contributed by atoms with Crippen LogP contribution < -0.4 is 5.32 Å². The second-order valence-electron chi connectivity index (χ2n) is 7.25. The van der Waals surface area contributed by atoms with Gasteiger partial charge in [-0.2, -0.15) is 0 Å². The lowest BCUT2D eigenvalue weighted by atomic mass is 10.2. The topological polar surface area (TPSA) is 73.2 Å². The summed E-state index contributed by atoms with van der Waals surface area (Å²) in [6.07, 6.45) is 6.93. The first-order valence-electron chi connectivity index (χ1n) is 10.8. The highest BCUT2D eigenvalue weighted by Gasteiger charge is 2.13. The van der Waals surface area contributed by atoms with Crippen molar-refractivity contribution in [2.45, 2.75) is 39.2 Å². The number of para-hydroxylation sites is 2. The van der Waals surface area contributed by atoms with Crippen LogP contribution in [0.4, 0.5) is 0 Å². The normalized spacial score (nSPS) is 11.1. The largest absolute Gasteiger partial charge is 0.465 e. The quantitative estimate of drug-likeness (QED) is 0.288. The molecular formula is C25H29N3O3. The number of aryl methyl sites for hydroxylation is 1. The number of unbranched alkanes of at least 4 members (excludes halogenated alkanes) is 2. The number of imidazole rings is 1. The van der Waals surface area contributed by atoms with Crippen LogP contribution in [0.25, 0.3) is 17.1 Å². The first-order valence-corrected chi connectivity index (χ1v) is 10.8. The average Bonchev–Trinajstić information content (AvgIpc) is 3.13. The van der Waals surface area contributed by atoms with Crippen LogP contribution in [0.3, 0.4) is 0 Å². The molecule has 0 aliphatic rings. The predicted octanol–water partition coefficient (Wildman–Crippen LogP) is 4.14. The SMILES string of the molecule is CCOC(=O)Cn1c(CCCCCNC(=O)/C=C/c2ccccc2)nc2ccccc21. The maximum absolute atomic E-state index is 12.0. The molecule has 2 aromatic carbocycles. The van der Waals surface area contributed by atoms with E-state index in [9.17, 15) is 9.59 Å². The number of ether oxygens (including phenoxy) is 1. The van der Waals surface area contributed by atoms with Crippen molar-refractivity contribution in [3.8, 4) is 0 Å². The number of carbonyl (C=O) groups is 2. The minimum atomic E-state index is -0.252. The van der Waals surface area contributed by atoms with Crippen LogP contribution in [0, 0.1) is 0 Å². The van der Waals surface area contributed by atoms with E-state index in [4.69, 9.17) is 9.72 Å². The molecular weight excluding hydrogens is 390 g/mol. The van der Waals surface area contributed by atoms with Crippen LogP contribution in [0.5, 0.6) is 0 Å². The lowest BCUT2D eigenvalue weighted by Gasteiger charge is -2.09. The number of fused-ring (bicyclic) bond motifs is 1. The molecule has 162 valence electrons. The number of hydrogen-bond acceptors (Lipinski definition) is 4. The molecule has 1 aromatic heterocycles. The van der Waals surface area contributed by atoms with Crippen LogP contribution in [-0.4, -0.2) is 34.6 Å². The molecule has 1 N–H and O–H groups in total. The number of rotatable bonds is 11. The summed E-state index contributed by atoms with van der Waals surface area (Å²) in [5.41, 5.74) is 2.84. The van der Waals surface area contributed by atoms with Gasteiger partial charge in [-0.3, -0.25) is 9.59 Å². The Kier molecular flexibility index (Phi) is 8.40. The van der Waals surface area contributed by atoms with Gasteiger partial charge in [0.1, 0.15) is 12.4 Å². The average molecular weight is 420 g/mol. The molecule has 0 saturated heterocycles. The van der Waals surface area contributed by atoms with E-state index >= 15 is 0 Å². The highest BCUT2D eigenvalue weighted by Crippen LogP contribution is 2.18. The summed E-state index contributed by atoms with van der Waals surface area (Å²) in [6.45, 7) is 2.98. The van der Waals surface area contributed by atoms with Crippen molar-refractivity contribution in [3.05, 3.63) is 72.1 Å². The minimum Gasteiger partial charge on any atom is -0.465 e. The lowest BCUT2D eigenvalue weighted by molar-refractivity contribution is -0.143. The fraction of sp³-hybridized carbons (Fsp3) is 0.320. The highest BCUT2D eigenvalue weighted by molar-refractivity contribution is 5.91. The monoisotopic (exact) mass is 419 g/mol. The van der Waals surface area contributed by atoms with E-state index in [1.165, 1.54) is 0 Å². The predicted molar refractivity (Wildman–Crippen MR) is 122 cm³/mol. The summed E-state index contributed by atoms with van der Waals surface area (Å²) in [7, 11) is 0. The minimum absolute atomic E-state index is 0.0833. The van der Waals surface area contributed by atoms with Gasteiger partial charge < -0.3 is 14.6 Å². The molecule has 0 radical (unpaired) electrons. The van der Waals surface area contributed by atoms with Crippen LogP contribution in [0.1, 0.15) is 37.6 Å². The Balaban J connectivity index is 1.44. The van der Waals surface area contributed by atoms with Crippen molar-refractivity contribution in [2.24, 2.45) is 0 Å². The Bertz CT molecular complexity index is 1020. The molecule has 0 spiro atoms. The Morgan fingerprint density at radius 2 is 1.81 bits per heavy atom. The summed E-state index contributed by atoms with van der Waals surface area (Å²) in [5, 5.41) is 2.92. The molecule has 3 aromatic rings. The number of amides is 1. The molecule has 0 fully saturated rings. The van der Waals surface area contributed by atoms with E-state index in [-0.39, 0.29) is 18.4 Å². The first kappa shape index (κ1) is 22.3. The number of benzene rings is 2. The van der Waals surface area contributed by atoms with E-state index in [0.717, 1.165) is 48.1 Å². The van der Waals surface area contributed by atoms with Crippen LogP contribution in [-0.2, 0) is 27.3 Å². The van der Waals surface area contributed by atoms with E-state index in [2.05, 4.69) is 5.32 Å². The Hall–Kier alpha value is -3.41. The first-order chi connectivity index (χ1) is 15.2. The van der Waals surface area contributed by atoms with Crippen molar-refractivity contribution in [2.75, 3.05) is 13.2 Å². The fourth-order valence-electron chi connectivity index (χ4n) is 3.42. The summed E-state index contributed by atoms with van der Waals surface area (Å²) in [5.74, 6) is 0.558. The smallest absolute Gasteiger partial charge is 0.326 e. The van der Waals surface area contributed by atoms with Crippen molar-refractivity contribution in [3.63, 3.8) is 0 Å². The van der Waals surface area contributed by atoms with Gasteiger partial charge in [0.15, 0.2) is 0 Å². The number of nitrogens with one attached hydrogen (secondary N) is 1. The molecule has 1 amide bonds. The van der Waals surface area contributed by atoms with Crippen molar-refractivity contribution >= 4 is 29.0 Å². The van der Waals surface area contributed by atoms with Gasteiger partial charge in [-0.15, -0.1) is 0 Å². The zero-order valence-electron chi connectivity index (χ0n) is 17.9. The van der Waals surface area contributed by atoms with E-state index in [1.807, 2.05) is 65.2 Å². The highest BCUT2D eigenvalue weighted by atomic mass is 16.5. The summed E-state index contributed by atoms with van der Waals surface area (Å²) < 4.78 is 7.06. The van der Waals surface area contributed by atoms with Gasteiger partial charge in [0.25, 0.3) is 0 Å². The molecule has 0 bridgehead atoms. The molecule has 3 rings (SSSR count). The Morgan fingerprint density at radius 1 is 1.03 bits per heavy atom. The molecule has 0 aliphatic heterocycles. The number of carbonyl (C=O) groups excluding carboxylic acids is 2. The molecule has 0 atom stereocenters. The second kappa shape index (κ2) is 11.7. The Labute approximate surface area is 182 Å². The number of aromatic nitrogens is 2. The van der Waals surface area contributed by atoms with Gasteiger partial charge in [-0.1, -0.05) is 48.9 Å². The third-order valence-electron chi connectivity index (χ3n) is 4.93. The number of hydrogen-bond donors (Lipinski definition) is 1. The molecule has 6 heteroatoms. The maximum Gasteiger partial charge on any atom is 0.326 e. The van der Waals surface area contributed by atoms with E-state index in [1.54, 1.807) is 13.0 Å². The lowest BCUT2D eigenvalue weighted by Crippen LogP contribution is -2.22. The zero-order valence-corrected chi connectivity index (χ0v) is 17.9. The Morgan fingerprint density at radius 3 is 2.61 bits per heavy atom. The zero-order chi connectivity index (χ0) is 21.9. The number of esters is 1. The summed E-state index contributed by atoms with van der Waals surface area (Å²) in [6, 6.07) is 17.6. The molecule has 0 aliphatic carbocycles. The van der Waals surface area contributed by atoms with E-state index in [0.29, 0.717) is 13.2 Å². The molecule has 1 heterocycles. The van der Waals surface area contributed by atoms with Crippen molar-refractivity contribution in [1.82, 2.24) is 14.9 Å². The van der Waals surface area contributed by atoms with Crippen LogP contribution >= 0.6 is 0 Å². The maximum atomic E-state index is 12.0. The van der Waals surface area contributed by atoms with Gasteiger partial charge in [0.05, 0.1) is 17.6 Å². The third-order valence-corrected chi connectivity index (χ3v) is 4.93.